The summed E-state index contributed by atoms with van der Waals surface area (Å²) in [6.07, 6.45) is 4.36. The average molecular weight is 443 g/mol. The molecular formula is C28H30N2O3. The molecule has 0 aromatic heterocycles. The lowest BCUT2D eigenvalue weighted by Crippen LogP contribution is -2.35. The van der Waals surface area contributed by atoms with Crippen molar-refractivity contribution in [2.75, 3.05) is 17.3 Å². The second-order valence-corrected chi connectivity index (χ2v) is 8.51. The molecule has 0 unspecified atom stereocenters. The number of amides is 2. The highest BCUT2D eigenvalue weighted by Gasteiger charge is 2.28. The normalized spacial score (nSPS) is 13.5. The number of nitrogens with zero attached hydrogens (tertiary/aromatic N) is 1. The summed E-state index contributed by atoms with van der Waals surface area (Å²) in [6.45, 7) is 0.525. The highest BCUT2D eigenvalue weighted by Crippen LogP contribution is 2.30. The first-order valence-electron chi connectivity index (χ1n) is 11.5. The summed E-state index contributed by atoms with van der Waals surface area (Å²) in [6, 6.07) is 25.1. The number of methoxy groups -OCH3 is 1. The van der Waals surface area contributed by atoms with Crippen molar-refractivity contribution in [1.82, 2.24) is 0 Å². The third-order valence-electron chi connectivity index (χ3n) is 6.11. The van der Waals surface area contributed by atoms with Crippen molar-refractivity contribution in [3.8, 4) is 5.75 Å². The topological polar surface area (TPSA) is 58.6 Å². The molecule has 0 spiro atoms. The maximum absolute atomic E-state index is 13.4. The average Bonchev–Trinajstić information content (AvgIpc) is 3.38. The van der Waals surface area contributed by atoms with Gasteiger partial charge in [0.05, 0.1) is 20.1 Å². The van der Waals surface area contributed by atoms with Crippen LogP contribution in [0.1, 0.15) is 36.8 Å². The quantitative estimate of drug-likeness (QED) is 0.494. The zero-order chi connectivity index (χ0) is 23.0. The molecule has 3 aromatic carbocycles. The van der Waals surface area contributed by atoms with Crippen molar-refractivity contribution in [1.29, 1.82) is 0 Å². The standard InChI is InChI=1S/C28H30N2O3/c1-33-26-16-14-24(15-17-26)29-27(31)19-22-10-7-13-25(18-22)30(20-21-8-3-2-4-9-21)28(32)23-11-5-6-12-23/h2-4,7-10,13-18,23H,5-6,11-12,19-20H2,1H3,(H,29,31). The minimum atomic E-state index is -0.103. The summed E-state index contributed by atoms with van der Waals surface area (Å²) in [7, 11) is 1.61. The van der Waals surface area contributed by atoms with Crippen LogP contribution in [-0.4, -0.2) is 18.9 Å². The van der Waals surface area contributed by atoms with Crippen molar-refractivity contribution < 1.29 is 14.3 Å². The summed E-state index contributed by atoms with van der Waals surface area (Å²) >= 11 is 0. The largest absolute Gasteiger partial charge is 0.497 e. The number of hydrogen-bond acceptors (Lipinski definition) is 3. The first kappa shape index (κ1) is 22.6. The minimum absolute atomic E-state index is 0.0794. The molecule has 0 saturated heterocycles. The van der Waals surface area contributed by atoms with Crippen molar-refractivity contribution in [3.63, 3.8) is 0 Å². The summed E-state index contributed by atoms with van der Waals surface area (Å²) in [5, 5.41) is 2.92. The molecule has 1 aliphatic rings. The SMILES string of the molecule is COc1ccc(NC(=O)Cc2cccc(N(Cc3ccccc3)C(=O)C3CCCC3)c2)cc1. The molecule has 1 saturated carbocycles. The molecule has 0 radical (unpaired) electrons. The molecule has 3 aromatic rings. The van der Waals surface area contributed by atoms with Crippen LogP contribution < -0.4 is 15.0 Å². The number of ether oxygens (including phenoxy) is 1. The van der Waals surface area contributed by atoms with E-state index in [1.54, 1.807) is 7.11 Å². The number of nitrogens with one attached hydrogen (secondary N) is 1. The molecule has 1 N–H and O–H groups in total. The number of carbonyl (C=O) groups excluding carboxylic acids is 2. The van der Waals surface area contributed by atoms with Gasteiger partial charge in [0.1, 0.15) is 5.75 Å². The highest BCUT2D eigenvalue weighted by molar-refractivity contribution is 5.96. The van der Waals surface area contributed by atoms with E-state index in [1.165, 1.54) is 0 Å². The van der Waals surface area contributed by atoms with Gasteiger partial charge in [-0.2, -0.15) is 0 Å². The van der Waals surface area contributed by atoms with Gasteiger partial charge in [0.15, 0.2) is 0 Å². The molecule has 5 heteroatoms. The van der Waals surface area contributed by atoms with Crippen LogP contribution in [0, 0.1) is 5.92 Å². The van der Waals surface area contributed by atoms with E-state index in [1.807, 2.05) is 83.8 Å². The first-order valence-corrected chi connectivity index (χ1v) is 11.5. The van der Waals surface area contributed by atoms with E-state index in [2.05, 4.69) is 5.32 Å². The Kier molecular flexibility index (Phi) is 7.40. The van der Waals surface area contributed by atoms with E-state index in [9.17, 15) is 9.59 Å². The van der Waals surface area contributed by atoms with Gasteiger partial charge < -0.3 is 15.0 Å². The molecule has 1 fully saturated rings. The van der Waals surface area contributed by atoms with E-state index in [0.29, 0.717) is 6.54 Å². The van der Waals surface area contributed by atoms with Crippen LogP contribution in [0.25, 0.3) is 0 Å². The lowest BCUT2D eigenvalue weighted by atomic mass is 10.0. The number of rotatable bonds is 8. The molecule has 1 aliphatic carbocycles. The fraction of sp³-hybridized carbons (Fsp3) is 0.286. The Morgan fingerprint density at radius 1 is 0.909 bits per heavy atom. The molecule has 4 rings (SSSR count). The van der Waals surface area contributed by atoms with Gasteiger partial charge in [-0.3, -0.25) is 9.59 Å². The van der Waals surface area contributed by atoms with E-state index in [-0.39, 0.29) is 24.2 Å². The van der Waals surface area contributed by atoms with Crippen LogP contribution in [0.3, 0.4) is 0 Å². The third-order valence-corrected chi connectivity index (χ3v) is 6.11. The van der Waals surface area contributed by atoms with E-state index < -0.39 is 0 Å². The van der Waals surface area contributed by atoms with Gasteiger partial charge in [-0.25, -0.2) is 0 Å². The van der Waals surface area contributed by atoms with Crippen molar-refractivity contribution >= 4 is 23.2 Å². The van der Waals surface area contributed by atoms with Gasteiger partial charge in [-0.1, -0.05) is 55.3 Å². The molecular weight excluding hydrogens is 412 g/mol. The van der Waals surface area contributed by atoms with Crippen molar-refractivity contribution in [2.24, 2.45) is 5.92 Å². The van der Waals surface area contributed by atoms with Crippen LogP contribution >= 0.6 is 0 Å². The molecule has 5 nitrogen and oxygen atoms in total. The molecule has 0 bridgehead atoms. The smallest absolute Gasteiger partial charge is 0.230 e. The Labute approximate surface area is 195 Å². The van der Waals surface area contributed by atoms with Crippen LogP contribution in [0.2, 0.25) is 0 Å². The molecule has 0 aliphatic heterocycles. The predicted octanol–water partition coefficient (Wildman–Crippen LogP) is 5.60. The van der Waals surface area contributed by atoms with Crippen molar-refractivity contribution in [3.05, 3.63) is 90.0 Å². The monoisotopic (exact) mass is 442 g/mol. The molecule has 0 atom stereocenters. The second kappa shape index (κ2) is 10.8. The Morgan fingerprint density at radius 2 is 1.61 bits per heavy atom. The van der Waals surface area contributed by atoms with E-state index >= 15 is 0 Å². The van der Waals surface area contributed by atoms with Gasteiger partial charge in [-0.15, -0.1) is 0 Å². The summed E-state index contributed by atoms with van der Waals surface area (Å²) in [5.41, 5.74) is 3.52. The first-order chi connectivity index (χ1) is 16.1. The van der Waals surface area contributed by atoms with Crippen LogP contribution in [0.4, 0.5) is 11.4 Å². The maximum Gasteiger partial charge on any atom is 0.230 e. The molecule has 0 heterocycles. The zero-order valence-electron chi connectivity index (χ0n) is 19.0. The Morgan fingerprint density at radius 3 is 2.30 bits per heavy atom. The van der Waals surface area contributed by atoms with Crippen LogP contribution in [0.15, 0.2) is 78.9 Å². The Bertz CT molecular complexity index is 1070. The third kappa shape index (κ3) is 6.01. The zero-order valence-corrected chi connectivity index (χ0v) is 19.0. The molecule has 170 valence electrons. The number of carbonyl (C=O) groups is 2. The summed E-state index contributed by atoms with van der Waals surface area (Å²) < 4.78 is 5.16. The van der Waals surface area contributed by atoms with Crippen LogP contribution in [-0.2, 0) is 22.6 Å². The highest BCUT2D eigenvalue weighted by atomic mass is 16.5. The van der Waals surface area contributed by atoms with E-state index in [0.717, 1.165) is 53.9 Å². The summed E-state index contributed by atoms with van der Waals surface area (Å²) in [5.74, 6) is 0.895. The van der Waals surface area contributed by atoms with Gasteiger partial charge >= 0.3 is 0 Å². The Balaban J connectivity index is 1.50. The van der Waals surface area contributed by atoms with Gasteiger partial charge in [-0.05, 0) is 60.4 Å². The van der Waals surface area contributed by atoms with Gasteiger partial charge in [0.25, 0.3) is 0 Å². The van der Waals surface area contributed by atoms with E-state index in [4.69, 9.17) is 4.74 Å². The van der Waals surface area contributed by atoms with Crippen LogP contribution in [0.5, 0.6) is 5.75 Å². The lowest BCUT2D eigenvalue weighted by molar-refractivity contribution is -0.122. The number of anilines is 2. The number of benzene rings is 3. The molecule has 2 amide bonds. The maximum atomic E-state index is 13.4. The Hall–Kier alpha value is -3.60. The predicted molar refractivity (Wildman–Crippen MR) is 131 cm³/mol. The number of hydrogen-bond donors (Lipinski definition) is 1. The lowest BCUT2D eigenvalue weighted by Gasteiger charge is -2.26. The second-order valence-electron chi connectivity index (χ2n) is 8.51. The van der Waals surface area contributed by atoms with Crippen molar-refractivity contribution in [2.45, 2.75) is 38.6 Å². The molecule has 33 heavy (non-hydrogen) atoms. The minimum Gasteiger partial charge on any atom is -0.497 e. The van der Waals surface area contributed by atoms with Gasteiger partial charge in [0, 0.05) is 17.3 Å². The summed E-state index contributed by atoms with van der Waals surface area (Å²) in [4.78, 5) is 27.9. The fourth-order valence-corrected chi connectivity index (χ4v) is 4.35. The fourth-order valence-electron chi connectivity index (χ4n) is 4.35. The van der Waals surface area contributed by atoms with Gasteiger partial charge in [0.2, 0.25) is 11.8 Å².